The summed E-state index contributed by atoms with van der Waals surface area (Å²) in [5, 5.41) is 6.38. The van der Waals surface area contributed by atoms with Crippen LogP contribution >= 0.6 is 0 Å². The van der Waals surface area contributed by atoms with E-state index in [1.807, 2.05) is 13.0 Å². The zero-order chi connectivity index (χ0) is 12.0. The van der Waals surface area contributed by atoms with Crippen molar-refractivity contribution in [3.63, 3.8) is 0 Å². The summed E-state index contributed by atoms with van der Waals surface area (Å²) in [4.78, 5) is 8.22. The average molecular weight is 223 g/mol. The lowest BCUT2D eigenvalue weighted by atomic mass is 10.1. The molecule has 90 valence electrons. The number of rotatable bonds is 6. The standard InChI is InChI=1S/C11H21N5/c1-4-8(3)7-14-10-6-9(13-5-2)15-11(12)16-10/h6,8H,4-5,7H2,1-3H3,(H4,12,13,14,15,16). The summed E-state index contributed by atoms with van der Waals surface area (Å²) in [5.41, 5.74) is 5.63. The van der Waals surface area contributed by atoms with Gasteiger partial charge in [-0.3, -0.25) is 0 Å². The maximum Gasteiger partial charge on any atom is 0.223 e. The Morgan fingerprint density at radius 1 is 1.25 bits per heavy atom. The van der Waals surface area contributed by atoms with Gasteiger partial charge in [0.2, 0.25) is 5.95 Å². The van der Waals surface area contributed by atoms with Crippen molar-refractivity contribution in [3.05, 3.63) is 6.07 Å². The highest BCUT2D eigenvalue weighted by Crippen LogP contribution is 2.13. The molecule has 0 amide bonds. The predicted octanol–water partition coefficient (Wildman–Crippen LogP) is 1.95. The van der Waals surface area contributed by atoms with Crippen LogP contribution in [0.25, 0.3) is 0 Å². The third-order valence-corrected chi connectivity index (χ3v) is 2.43. The van der Waals surface area contributed by atoms with Crippen molar-refractivity contribution < 1.29 is 0 Å². The van der Waals surface area contributed by atoms with Gasteiger partial charge < -0.3 is 16.4 Å². The Hall–Kier alpha value is -1.52. The third kappa shape index (κ3) is 3.92. The maximum atomic E-state index is 5.63. The Labute approximate surface area is 96.9 Å². The first-order valence-electron chi connectivity index (χ1n) is 5.78. The zero-order valence-corrected chi connectivity index (χ0v) is 10.2. The minimum atomic E-state index is 0.296. The molecule has 0 spiro atoms. The first-order valence-corrected chi connectivity index (χ1v) is 5.78. The lowest BCUT2D eigenvalue weighted by Crippen LogP contribution is -2.13. The normalized spacial score (nSPS) is 12.2. The molecule has 0 aliphatic carbocycles. The van der Waals surface area contributed by atoms with Crippen molar-refractivity contribution in [2.75, 3.05) is 29.5 Å². The molecule has 0 radical (unpaired) electrons. The molecule has 0 saturated carbocycles. The van der Waals surface area contributed by atoms with Crippen LogP contribution in [0.2, 0.25) is 0 Å². The van der Waals surface area contributed by atoms with Crippen molar-refractivity contribution in [1.82, 2.24) is 9.97 Å². The predicted molar refractivity (Wildman–Crippen MR) is 68.6 cm³/mol. The number of anilines is 3. The van der Waals surface area contributed by atoms with Crippen LogP contribution in [0.1, 0.15) is 27.2 Å². The van der Waals surface area contributed by atoms with Gasteiger partial charge in [0.05, 0.1) is 0 Å². The molecule has 4 N–H and O–H groups in total. The molecule has 0 aliphatic heterocycles. The van der Waals surface area contributed by atoms with E-state index in [0.29, 0.717) is 11.9 Å². The fourth-order valence-corrected chi connectivity index (χ4v) is 1.25. The Bertz CT molecular complexity index is 326. The van der Waals surface area contributed by atoms with Crippen molar-refractivity contribution in [2.24, 2.45) is 5.92 Å². The first kappa shape index (κ1) is 12.5. The van der Waals surface area contributed by atoms with Crippen LogP contribution in [0.15, 0.2) is 6.07 Å². The molecular weight excluding hydrogens is 202 g/mol. The maximum absolute atomic E-state index is 5.63. The van der Waals surface area contributed by atoms with Crippen LogP contribution < -0.4 is 16.4 Å². The van der Waals surface area contributed by atoms with Gasteiger partial charge in [-0.05, 0) is 12.8 Å². The lowest BCUT2D eigenvalue weighted by Gasteiger charge is -2.12. The van der Waals surface area contributed by atoms with E-state index >= 15 is 0 Å². The Kier molecular flexibility index (Phi) is 4.82. The van der Waals surface area contributed by atoms with Crippen LogP contribution in [0.5, 0.6) is 0 Å². The molecule has 0 saturated heterocycles. The van der Waals surface area contributed by atoms with Crippen molar-refractivity contribution in [2.45, 2.75) is 27.2 Å². The van der Waals surface area contributed by atoms with Gasteiger partial charge in [-0.1, -0.05) is 20.3 Å². The van der Waals surface area contributed by atoms with E-state index in [2.05, 4.69) is 34.4 Å². The molecule has 0 fully saturated rings. The number of nitrogens with one attached hydrogen (secondary N) is 2. The van der Waals surface area contributed by atoms with Crippen LogP contribution in [0, 0.1) is 5.92 Å². The van der Waals surface area contributed by atoms with Crippen LogP contribution in [-0.2, 0) is 0 Å². The highest BCUT2D eigenvalue weighted by molar-refractivity contribution is 5.50. The number of nitrogens with zero attached hydrogens (tertiary/aromatic N) is 2. The quantitative estimate of drug-likeness (QED) is 0.687. The second-order valence-corrected chi connectivity index (χ2v) is 3.92. The first-order chi connectivity index (χ1) is 7.65. The minimum absolute atomic E-state index is 0.296. The van der Waals surface area contributed by atoms with Gasteiger partial charge in [0, 0.05) is 19.2 Å². The van der Waals surface area contributed by atoms with E-state index in [9.17, 15) is 0 Å². The molecule has 1 rings (SSSR count). The highest BCUT2D eigenvalue weighted by Gasteiger charge is 2.03. The third-order valence-electron chi connectivity index (χ3n) is 2.43. The lowest BCUT2D eigenvalue weighted by molar-refractivity contribution is 0.592. The molecule has 5 heteroatoms. The smallest absolute Gasteiger partial charge is 0.223 e. The van der Waals surface area contributed by atoms with Gasteiger partial charge in [-0.25, -0.2) is 0 Å². The molecule has 1 aromatic heterocycles. The zero-order valence-electron chi connectivity index (χ0n) is 10.2. The van der Waals surface area contributed by atoms with E-state index in [1.54, 1.807) is 0 Å². The summed E-state index contributed by atoms with van der Waals surface area (Å²) in [5.74, 6) is 2.47. The fraction of sp³-hybridized carbons (Fsp3) is 0.636. The van der Waals surface area contributed by atoms with Gasteiger partial charge in [0.1, 0.15) is 11.6 Å². The topological polar surface area (TPSA) is 75.9 Å². The van der Waals surface area contributed by atoms with Crippen molar-refractivity contribution in [1.29, 1.82) is 0 Å². The fourth-order valence-electron chi connectivity index (χ4n) is 1.25. The van der Waals surface area contributed by atoms with E-state index in [-0.39, 0.29) is 0 Å². The number of nitrogen functional groups attached to an aromatic ring is 1. The number of hydrogen-bond acceptors (Lipinski definition) is 5. The summed E-state index contributed by atoms with van der Waals surface area (Å²) in [6.45, 7) is 8.11. The summed E-state index contributed by atoms with van der Waals surface area (Å²) >= 11 is 0. The Morgan fingerprint density at radius 2 is 1.88 bits per heavy atom. The van der Waals surface area contributed by atoms with Gasteiger partial charge >= 0.3 is 0 Å². The average Bonchev–Trinajstić information content (AvgIpc) is 2.25. The molecule has 0 aliphatic rings. The SMILES string of the molecule is CCNc1cc(NCC(C)CC)nc(N)n1. The van der Waals surface area contributed by atoms with E-state index in [1.165, 1.54) is 0 Å². The molecule has 1 atom stereocenters. The van der Waals surface area contributed by atoms with Crippen molar-refractivity contribution >= 4 is 17.6 Å². The molecule has 1 heterocycles. The molecular formula is C11H21N5. The van der Waals surface area contributed by atoms with E-state index < -0.39 is 0 Å². The van der Waals surface area contributed by atoms with Gasteiger partial charge in [-0.15, -0.1) is 0 Å². The summed E-state index contributed by atoms with van der Waals surface area (Å²) in [6.07, 6.45) is 1.15. The molecule has 0 bridgehead atoms. The van der Waals surface area contributed by atoms with Gasteiger partial charge in [-0.2, -0.15) is 9.97 Å². The number of nitrogens with two attached hydrogens (primary N) is 1. The van der Waals surface area contributed by atoms with E-state index in [0.717, 1.165) is 31.1 Å². The van der Waals surface area contributed by atoms with Crippen LogP contribution in [-0.4, -0.2) is 23.1 Å². The van der Waals surface area contributed by atoms with Gasteiger partial charge in [0.15, 0.2) is 0 Å². The summed E-state index contributed by atoms with van der Waals surface area (Å²) in [7, 11) is 0. The monoisotopic (exact) mass is 223 g/mol. The summed E-state index contributed by atoms with van der Waals surface area (Å²) in [6, 6.07) is 1.88. The van der Waals surface area contributed by atoms with Crippen LogP contribution in [0.4, 0.5) is 17.6 Å². The molecule has 1 unspecified atom stereocenters. The Balaban J connectivity index is 2.64. The van der Waals surface area contributed by atoms with Crippen LogP contribution in [0.3, 0.4) is 0 Å². The second-order valence-electron chi connectivity index (χ2n) is 3.92. The minimum Gasteiger partial charge on any atom is -0.370 e. The number of hydrogen-bond donors (Lipinski definition) is 3. The van der Waals surface area contributed by atoms with Gasteiger partial charge in [0.25, 0.3) is 0 Å². The van der Waals surface area contributed by atoms with Crippen molar-refractivity contribution in [3.8, 4) is 0 Å². The molecule has 5 nitrogen and oxygen atoms in total. The molecule has 1 aromatic rings. The second kappa shape index (κ2) is 6.15. The molecule has 0 aromatic carbocycles. The number of aromatic nitrogens is 2. The molecule has 16 heavy (non-hydrogen) atoms. The largest absolute Gasteiger partial charge is 0.370 e. The van der Waals surface area contributed by atoms with E-state index in [4.69, 9.17) is 5.73 Å². The highest BCUT2D eigenvalue weighted by atomic mass is 15.1. The summed E-state index contributed by atoms with van der Waals surface area (Å²) < 4.78 is 0. The Morgan fingerprint density at radius 3 is 2.44 bits per heavy atom.